The minimum absolute atomic E-state index is 0.0989. The molecule has 0 saturated heterocycles. The van der Waals surface area contributed by atoms with Gasteiger partial charge in [0.05, 0.1) is 17.8 Å². The van der Waals surface area contributed by atoms with Crippen LogP contribution in [-0.2, 0) is 4.74 Å². The maximum absolute atomic E-state index is 6.07. The van der Waals surface area contributed by atoms with Crippen molar-refractivity contribution in [3.8, 4) is 5.75 Å². The minimum atomic E-state index is -0.0989. The maximum Gasteiger partial charge on any atom is 0.211 e. The number of nitrogens with two attached hydrogens (primary N) is 2. The number of nitrogens with zero attached hydrogens (tertiary/aromatic N) is 2. The summed E-state index contributed by atoms with van der Waals surface area (Å²) < 4.78 is 10.6. The lowest BCUT2D eigenvalue weighted by Crippen LogP contribution is -2.21. The van der Waals surface area contributed by atoms with Gasteiger partial charge in [-0.2, -0.15) is 5.10 Å². The van der Waals surface area contributed by atoms with Gasteiger partial charge in [0.15, 0.2) is 0 Å². The van der Waals surface area contributed by atoms with E-state index in [1.54, 1.807) is 18.2 Å². The van der Waals surface area contributed by atoms with Gasteiger partial charge in [0.1, 0.15) is 12.4 Å². The van der Waals surface area contributed by atoms with E-state index in [-0.39, 0.29) is 5.96 Å². The van der Waals surface area contributed by atoms with Gasteiger partial charge in [-0.05, 0) is 30.7 Å². The summed E-state index contributed by atoms with van der Waals surface area (Å²) in [6, 6.07) is 5.27. The van der Waals surface area contributed by atoms with E-state index < -0.39 is 0 Å². The molecule has 0 aromatic heterocycles. The third-order valence-corrected chi connectivity index (χ3v) is 2.32. The fourth-order valence-electron chi connectivity index (χ4n) is 1.23. The number of ether oxygens (including phenoxy) is 2. The zero-order valence-electron chi connectivity index (χ0n) is 10.7. The van der Waals surface area contributed by atoms with Gasteiger partial charge < -0.3 is 20.9 Å². The number of halogens is 1. The first-order valence-electron chi connectivity index (χ1n) is 5.75. The van der Waals surface area contributed by atoms with Crippen molar-refractivity contribution in [2.75, 3.05) is 19.8 Å². The third kappa shape index (κ3) is 6.08. The molecule has 0 radical (unpaired) electrons. The molecule has 0 fully saturated rings. The number of guanidine groups is 1. The second-order valence-electron chi connectivity index (χ2n) is 3.50. The Hall–Kier alpha value is -1.79. The number of hydrogen-bond donors (Lipinski definition) is 2. The standard InChI is InChI=1S/C12H17ClN4O2/c1-2-18-5-6-19-11-4-3-9(7-10(11)13)8-16-17-12(14)15/h3-4,7-8H,2,5-6H2,1H3,(H4,14,15,17)/b16-8+. The Balaban J connectivity index is 2.59. The average molecular weight is 285 g/mol. The van der Waals surface area contributed by atoms with Crippen LogP contribution < -0.4 is 16.2 Å². The highest BCUT2D eigenvalue weighted by atomic mass is 35.5. The van der Waals surface area contributed by atoms with E-state index in [0.717, 1.165) is 5.56 Å². The average Bonchev–Trinajstić information content (AvgIpc) is 2.36. The van der Waals surface area contributed by atoms with Crippen molar-refractivity contribution in [2.24, 2.45) is 21.7 Å². The molecule has 6 nitrogen and oxygen atoms in total. The van der Waals surface area contributed by atoms with Crippen LogP contribution in [0.4, 0.5) is 0 Å². The van der Waals surface area contributed by atoms with Gasteiger partial charge in [0.2, 0.25) is 5.96 Å². The Labute approximate surface area is 117 Å². The van der Waals surface area contributed by atoms with Crippen LogP contribution in [0, 0.1) is 0 Å². The first kappa shape index (κ1) is 15.3. The monoisotopic (exact) mass is 284 g/mol. The van der Waals surface area contributed by atoms with Crippen molar-refractivity contribution in [1.82, 2.24) is 0 Å². The molecule has 0 spiro atoms. The smallest absolute Gasteiger partial charge is 0.211 e. The molecule has 0 aliphatic heterocycles. The molecule has 0 saturated carbocycles. The predicted octanol–water partition coefficient (Wildman–Crippen LogP) is 1.36. The first-order valence-corrected chi connectivity index (χ1v) is 6.13. The number of rotatable bonds is 7. The highest BCUT2D eigenvalue weighted by Gasteiger charge is 2.02. The van der Waals surface area contributed by atoms with Crippen LogP contribution in [0.3, 0.4) is 0 Å². The van der Waals surface area contributed by atoms with Crippen LogP contribution in [0.15, 0.2) is 28.4 Å². The fourth-order valence-corrected chi connectivity index (χ4v) is 1.48. The molecule has 0 amide bonds. The molecule has 0 atom stereocenters. The Bertz CT molecular complexity index is 459. The van der Waals surface area contributed by atoms with Crippen molar-refractivity contribution < 1.29 is 9.47 Å². The maximum atomic E-state index is 6.07. The van der Waals surface area contributed by atoms with E-state index in [1.807, 2.05) is 6.92 Å². The van der Waals surface area contributed by atoms with Crippen molar-refractivity contribution in [1.29, 1.82) is 0 Å². The lowest BCUT2D eigenvalue weighted by molar-refractivity contribution is 0.110. The molecule has 0 unspecified atom stereocenters. The van der Waals surface area contributed by atoms with Crippen molar-refractivity contribution in [2.45, 2.75) is 6.92 Å². The van der Waals surface area contributed by atoms with Crippen molar-refractivity contribution >= 4 is 23.8 Å². The molecule has 0 heterocycles. The summed E-state index contributed by atoms with van der Waals surface area (Å²) in [4.78, 5) is 0. The molecular weight excluding hydrogens is 268 g/mol. The zero-order valence-corrected chi connectivity index (χ0v) is 11.4. The third-order valence-electron chi connectivity index (χ3n) is 2.03. The largest absolute Gasteiger partial charge is 0.490 e. The molecule has 0 aliphatic rings. The van der Waals surface area contributed by atoms with Crippen LogP contribution in [0.2, 0.25) is 5.02 Å². The summed E-state index contributed by atoms with van der Waals surface area (Å²) in [6.45, 7) is 3.57. The topological polar surface area (TPSA) is 95.2 Å². The van der Waals surface area contributed by atoms with Crippen molar-refractivity contribution in [3.63, 3.8) is 0 Å². The number of benzene rings is 1. The van der Waals surface area contributed by atoms with E-state index in [9.17, 15) is 0 Å². The van der Waals surface area contributed by atoms with Crippen LogP contribution in [-0.4, -0.2) is 32.0 Å². The molecule has 0 bridgehead atoms. The Kier molecular flexibility index (Phi) is 6.70. The second-order valence-corrected chi connectivity index (χ2v) is 3.91. The lowest BCUT2D eigenvalue weighted by Gasteiger charge is -2.08. The molecule has 1 aromatic carbocycles. The van der Waals surface area contributed by atoms with Gasteiger partial charge in [-0.3, -0.25) is 0 Å². The van der Waals surface area contributed by atoms with Gasteiger partial charge in [-0.1, -0.05) is 11.6 Å². The SMILES string of the molecule is CCOCCOc1ccc(/C=N/N=C(N)N)cc1Cl. The van der Waals surface area contributed by atoms with Crippen LogP contribution in [0.25, 0.3) is 0 Å². The Morgan fingerprint density at radius 1 is 1.37 bits per heavy atom. The minimum Gasteiger partial charge on any atom is -0.490 e. The van der Waals surface area contributed by atoms with E-state index >= 15 is 0 Å². The summed E-state index contributed by atoms with van der Waals surface area (Å²) >= 11 is 6.07. The number of hydrogen-bond acceptors (Lipinski definition) is 4. The highest BCUT2D eigenvalue weighted by Crippen LogP contribution is 2.24. The quantitative estimate of drug-likeness (QED) is 0.342. The highest BCUT2D eigenvalue weighted by molar-refractivity contribution is 6.32. The van der Waals surface area contributed by atoms with E-state index in [4.69, 9.17) is 32.5 Å². The molecular formula is C12H17ClN4O2. The summed E-state index contributed by atoms with van der Waals surface area (Å²) in [5, 5.41) is 7.68. The van der Waals surface area contributed by atoms with Gasteiger partial charge in [-0.15, -0.1) is 5.10 Å². The second kappa shape index (κ2) is 8.34. The molecule has 104 valence electrons. The lowest BCUT2D eigenvalue weighted by atomic mass is 10.2. The molecule has 4 N–H and O–H groups in total. The molecule has 7 heteroatoms. The van der Waals surface area contributed by atoms with Gasteiger partial charge >= 0.3 is 0 Å². The summed E-state index contributed by atoms with van der Waals surface area (Å²) in [6.07, 6.45) is 1.50. The zero-order chi connectivity index (χ0) is 14.1. The molecule has 0 aliphatic carbocycles. The van der Waals surface area contributed by atoms with E-state index in [2.05, 4.69) is 10.2 Å². The van der Waals surface area contributed by atoms with Gasteiger partial charge in [0.25, 0.3) is 0 Å². The Morgan fingerprint density at radius 3 is 2.79 bits per heavy atom. The van der Waals surface area contributed by atoms with Crippen molar-refractivity contribution in [3.05, 3.63) is 28.8 Å². The predicted molar refractivity (Wildman–Crippen MR) is 76.8 cm³/mol. The first-order chi connectivity index (χ1) is 9.13. The normalized spacial score (nSPS) is 10.6. The fraction of sp³-hybridized carbons (Fsp3) is 0.333. The Morgan fingerprint density at radius 2 is 2.16 bits per heavy atom. The summed E-state index contributed by atoms with van der Waals surface area (Å²) in [5.74, 6) is 0.499. The van der Waals surface area contributed by atoms with Crippen LogP contribution in [0.5, 0.6) is 5.75 Å². The van der Waals surface area contributed by atoms with E-state index in [0.29, 0.717) is 30.6 Å². The summed E-state index contributed by atoms with van der Waals surface area (Å²) in [7, 11) is 0. The molecule has 1 rings (SSSR count). The van der Waals surface area contributed by atoms with Gasteiger partial charge in [-0.25, -0.2) is 0 Å². The molecule has 1 aromatic rings. The van der Waals surface area contributed by atoms with Gasteiger partial charge in [0, 0.05) is 6.61 Å². The molecule has 19 heavy (non-hydrogen) atoms. The van der Waals surface area contributed by atoms with E-state index in [1.165, 1.54) is 6.21 Å². The van der Waals surface area contributed by atoms with Crippen LogP contribution >= 0.6 is 11.6 Å². The summed E-state index contributed by atoms with van der Waals surface area (Å²) in [5.41, 5.74) is 11.1. The van der Waals surface area contributed by atoms with Crippen LogP contribution in [0.1, 0.15) is 12.5 Å².